The van der Waals surface area contributed by atoms with Crippen molar-refractivity contribution in [1.29, 1.82) is 0 Å². The second-order valence-electron chi connectivity index (χ2n) is 4.67. The monoisotopic (exact) mass is 202 g/mol. The molecule has 15 heavy (non-hydrogen) atoms. The van der Waals surface area contributed by atoms with Gasteiger partial charge in [0.05, 0.1) is 0 Å². The maximum Gasteiger partial charge on any atom is 0.0434 e. The molecule has 1 unspecified atom stereocenters. The summed E-state index contributed by atoms with van der Waals surface area (Å²) in [6.07, 6.45) is 3.79. The predicted molar refractivity (Wildman–Crippen MR) is 63.4 cm³/mol. The second-order valence-corrected chi connectivity index (χ2v) is 4.67. The molecule has 1 aromatic rings. The van der Waals surface area contributed by atoms with Crippen LogP contribution in [-0.4, -0.2) is 19.6 Å². The summed E-state index contributed by atoms with van der Waals surface area (Å²) in [4.78, 5) is 2.56. The van der Waals surface area contributed by atoms with Gasteiger partial charge in [0, 0.05) is 18.8 Å². The zero-order chi connectivity index (χ0) is 10.3. The Kier molecular flexibility index (Phi) is 2.17. The highest BCUT2D eigenvalue weighted by Gasteiger charge is 2.27. The lowest BCUT2D eigenvalue weighted by molar-refractivity contribution is 0.558. The van der Waals surface area contributed by atoms with E-state index in [-0.39, 0.29) is 0 Å². The van der Waals surface area contributed by atoms with Crippen molar-refractivity contribution in [1.82, 2.24) is 0 Å². The molecule has 80 valence electrons. The van der Waals surface area contributed by atoms with Crippen molar-refractivity contribution < 1.29 is 0 Å². The molecule has 1 atom stereocenters. The lowest BCUT2D eigenvalue weighted by Crippen LogP contribution is -2.37. The number of benzene rings is 1. The summed E-state index contributed by atoms with van der Waals surface area (Å²) in [5.74, 6) is 0.592. The molecule has 2 heteroatoms. The summed E-state index contributed by atoms with van der Waals surface area (Å²) in [6, 6.07) is 6.75. The van der Waals surface area contributed by atoms with E-state index in [1.807, 2.05) is 0 Å². The fraction of sp³-hybridized carbons (Fsp3) is 0.538. The molecule has 2 heterocycles. The first-order chi connectivity index (χ1) is 7.40. The van der Waals surface area contributed by atoms with E-state index < -0.39 is 0 Å². The van der Waals surface area contributed by atoms with Crippen LogP contribution in [0.15, 0.2) is 18.2 Å². The van der Waals surface area contributed by atoms with Gasteiger partial charge in [-0.1, -0.05) is 18.2 Å². The standard InChI is InChI=1S/C13H18N2/c14-9-11-6-8-15-7-2-4-10-3-1-5-12(11)13(10)15/h1,3,5,11H,2,4,6-9,14H2. The van der Waals surface area contributed by atoms with E-state index in [1.165, 1.54) is 49.2 Å². The molecule has 0 radical (unpaired) electrons. The van der Waals surface area contributed by atoms with Crippen LogP contribution in [0.2, 0.25) is 0 Å². The number of para-hydroxylation sites is 1. The average Bonchev–Trinajstić information content (AvgIpc) is 2.30. The first-order valence-corrected chi connectivity index (χ1v) is 5.97. The zero-order valence-corrected chi connectivity index (χ0v) is 9.08. The van der Waals surface area contributed by atoms with Gasteiger partial charge in [0.2, 0.25) is 0 Å². The zero-order valence-electron chi connectivity index (χ0n) is 9.08. The first kappa shape index (κ1) is 9.22. The molecule has 0 aliphatic carbocycles. The third-order valence-electron chi connectivity index (χ3n) is 3.81. The SMILES string of the molecule is NCC1CCN2CCCc3cccc1c32. The molecule has 2 nitrogen and oxygen atoms in total. The smallest absolute Gasteiger partial charge is 0.0434 e. The first-order valence-electron chi connectivity index (χ1n) is 5.97. The van der Waals surface area contributed by atoms with Crippen molar-refractivity contribution in [2.75, 3.05) is 24.5 Å². The fourth-order valence-corrected chi connectivity index (χ4v) is 3.04. The molecular formula is C13H18N2. The molecule has 0 saturated carbocycles. The molecule has 2 N–H and O–H groups in total. The van der Waals surface area contributed by atoms with Gasteiger partial charge in [-0.2, -0.15) is 0 Å². The number of hydrogen-bond donors (Lipinski definition) is 1. The fourth-order valence-electron chi connectivity index (χ4n) is 3.04. The van der Waals surface area contributed by atoms with Gasteiger partial charge in [0.1, 0.15) is 0 Å². The summed E-state index contributed by atoms with van der Waals surface area (Å²) < 4.78 is 0. The largest absolute Gasteiger partial charge is 0.371 e. The van der Waals surface area contributed by atoms with Crippen molar-refractivity contribution in [3.05, 3.63) is 29.3 Å². The molecule has 1 aromatic carbocycles. The van der Waals surface area contributed by atoms with E-state index in [9.17, 15) is 0 Å². The number of aryl methyl sites for hydroxylation is 1. The summed E-state index contributed by atoms with van der Waals surface area (Å²) in [7, 11) is 0. The van der Waals surface area contributed by atoms with Crippen LogP contribution >= 0.6 is 0 Å². The van der Waals surface area contributed by atoms with Gasteiger partial charge in [0.25, 0.3) is 0 Å². The summed E-state index contributed by atoms with van der Waals surface area (Å²) in [5.41, 5.74) is 10.4. The molecule has 0 bridgehead atoms. The molecule has 0 aromatic heterocycles. The van der Waals surface area contributed by atoms with Gasteiger partial charge in [-0.3, -0.25) is 0 Å². The summed E-state index contributed by atoms with van der Waals surface area (Å²) in [6.45, 7) is 3.23. The second kappa shape index (κ2) is 3.53. The minimum atomic E-state index is 0.592. The highest BCUT2D eigenvalue weighted by atomic mass is 15.1. The van der Waals surface area contributed by atoms with Crippen LogP contribution in [0.1, 0.15) is 29.9 Å². The van der Waals surface area contributed by atoms with E-state index in [0.717, 1.165) is 6.54 Å². The lowest BCUT2D eigenvalue weighted by atomic mass is 9.85. The molecule has 3 rings (SSSR count). The van der Waals surface area contributed by atoms with E-state index in [2.05, 4.69) is 23.1 Å². The average molecular weight is 202 g/mol. The van der Waals surface area contributed by atoms with Gasteiger partial charge < -0.3 is 10.6 Å². The third-order valence-corrected chi connectivity index (χ3v) is 3.81. The van der Waals surface area contributed by atoms with Gasteiger partial charge in [0.15, 0.2) is 0 Å². The normalized spacial score (nSPS) is 23.8. The highest BCUT2D eigenvalue weighted by Crippen LogP contribution is 2.39. The van der Waals surface area contributed by atoms with Gasteiger partial charge >= 0.3 is 0 Å². The minimum Gasteiger partial charge on any atom is -0.371 e. The molecule has 2 aliphatic heterocycles. The Hall–Kier alpha value is -1.02. The maximum atomic E-state index is 5.85. The van der Waals surface area contributed by atoms with Crippen LogP contribution in [-0.2, 0) is 6.42 Å². The Balaban J connectivity index is 2.13. The number of rotatable bonds is 1. The van der Waals surface area contributed by atoms with Crippen molar-refractivity contribution in [3.63, 3.8) is 0 Å². The van der Waals surface area contributed by atoms with Crippen molar-refractivity contribution in [2.24, 2.45) is 5.73 Å². The number of hydrogen-bond acceptors (Lipinski definition) is 2. The molecule has 0 fully saturated rings. The molecule has 2 aliphatic rings. The van der Waals surface area contributed by atoms with Crippen LogP contribution in [0.4, 0.5) is 5.69 Å². The number of nitrogens with zero attached hydrogens (tertiary/aromatic N) is 1. The van der Waals surface area contributed by atoms with Crippen molar-refractivity contribution in [2.45, 2.75) is 25.2 Å². The molecule has 0 amide bonds. The quantitative estimate of drug-likeness (QED) is 0.753. The molecule has 0 saturated heterocycles. The summed E-state index contributed by atoms with van der Waals surface area (Å²) >= 11 is 0. The van der Waals surface area contributed by atoms with E-state index in [0.29, 0.717) is 5.92 Å². The Morgan fingerprint density at radius 1 is 1.33 bits per heavy atom. The predicted octanol–water partition coefficient (Wildman–Crippen LogP) is 1.89. The van der Waals surface area contributed by atoms with Crippen LogP contribution in [0.25, 0.3) is 0 Å². The maximum absolute atomic E-state index is 5.85. The number of anilines is 1. The molecular weight excluding hydrogens is 184 g/mol. The van der Waals surface area contributed by atoms with Gasteiger partial charge in [-0.15, -0.1) is 0 Å². The van der Waals surface area contributed by atoms with Crippen LogP contribution < -0.4 is 10.6 Å². The Morgan fingerprint density at radius 2 is 2.27 bits per heavy atom. The topological polar surface area (TPSA) is 29.3 Å². The van der Waals surface area contributed by atoms with Gasteiger partial charge in [-0.05, 0) is 42.9 Å². The highest BCUT2D eigenvalue weighted by molar-refractivity contribution is 5.64. The van der Waals surface area contributed by atoms with Crippen LogP contribution in [0.3, 0.4) is 0 Å². The number of nitrogens with two attached hydrogens (primary N) is 1. The Labute approximate surface area is 91.1 Å². The molecule has 0 spiro atoms. The van der Waals surface area contributed by atoms with Crippen LogP contribution in [0.5, 0.6) is 0 Å². The third kappa shape index (κ3) is 1.36. The van der Waals surface area contributed by atoms with Crippen molar-refractivity contribution >= 4 is 5.69 Å². The van der Waals surface area contributed by atoms with Crippen LogP contribution in [0, 0.1) is 0 Å². The van der Waals surface area contributed by atoms with Crippen molar-refractivity contribution in [3.8, 4) is 0 Å². The minimum absolute atomic E-state index is 0.592. The van der Waals surface area contributed by atoms with E-state index >= 15 is 0 Å². The van der Waals surface area contributed by atoms with Gasteiger partial charge in [-0.25, -0.2) is 0 Å². The summed E-state index contributed by atoms with van der Waals surface area (Å²) in [5, 5.41) is 0. The Bertz CT molecular complexity index is 373. The van der Waals surface area contributed by atoms with E-state index in [4.69, 9.17) is 5.73 Å². The van der Waals surface area contributed by atoms with E-state index in [1.54, 1.807) is 0 Å². The Morgan fingerprint density at radius 3 is 3.13 bits per heavy atom. The lowest BCUT2D eigenvalue weighted by Gasteiger charge is -2.39.